The van der Waals surface area contributed by atoms with Gasteiger partial charge in [0.05, 0.1) is 11.6 Å². The van der Waals surface area contributed by atoms with Gasteiger partial charge in [0.2, 0.25) is 0 Å². The standard InChI is InChI=1S/C35H20ClN/c36-33-18-22(21-37)10-15-31(33)29-9-3-7-27(20-29)26-6-2-8-28(19-26)30-16-13-25-12-11-23-4-1-5-24-14-17-32(30)35(25)34(23)24/h1-20H. The Kier molecular flexibility index (Phi) is 4.96. The van der Waals surface area contributed by atoms with Gasteiger partial charge in [-0.25, -0.2) is 0 Å². The summed E-state index contributed by atoms with van der Waals surface area (Å²) in [6, 6.07) is 44.7. The molecule has 0 fully saturated rings. The third kappa shape index (κ3) is 3.54. The molecule has 7 rings (SSSR count). The normalized spacial score (nSPS) is 11.4. The number of halogens is 1. The van der Waals surface area contributed by atoms with E-state index < -0.39 is 0 Å². The van der Waals surface area contributed by atoms with Gasteiger partial charge in [0.15, 0.2) is 0 Å². The highest BCUT2D eigenvalue weighted by Crippen LogP contribution is 2.40. The maximum Gasteiger partial charge on any atom is 0.0992 e. The Morgan fingerprint density at radius 3 is 1.70 bits per heavy atom. The maximum absolute atomic E-state index is 9.17. The first-order chi connectivity index (χ1) is 18.2. The summed E-state index contributed by atoms with van der Waals surface area (Å²) in [5.74, 6) is 0. The van der Waals surface area contributed by atoms with Crippen LogP contribution in [-0.2, 0) is 0 Å². The van der Waals surface area contributed by atoms with Crippen molar-refractivity contribution in [3.63, 3.8) is 0 Å². The second kappa shape index (κ2) is 8.49. The Morgan fingerprint density at radius 1 is 0.486 bits per heavy atom. The van der Waals surface area contributed by atoms with Crippen molar-refractivity contribution in [2.75, 3.05) is 0 Å². The fourth-order valence-electron chi connectivity index (χ4n) is 5.54. The van der Waals surface area contributed by atoms with Gasteiger partial charge in [0.25, 0.3) is 0 Å². The second-order valence-electron chi connectivity index (χ2n) is 9.44. The van der Waals surface area contributed by atoms with Crippen molar-refractivity contribution in [2.24, 2.45) is 0 Å². The van der Waals surface area contributed by atoms with E-state index in [1.807, 2.05) is 12.1 Å². The predicted octanol–water partition coefficient (Wildman–Crippen LogP) is 10.1. The molecule has 0 amide bonds. The van der Waals surface area contributed by atoms with E-state index >= 15 is 0 Å². The fraction of sp³-hybridized carbons (Fsp3) is 0. The minimum Gasteiger partial charge on any atom is -0.192 e. The summed E-state index contributed by atoms with van der Waals surface area (Å²) in [6.07, 6.45) is 0. The third-order valence-corrected chi connectivity index (χ3v) is 7.62. The van der Waals surface area contributed by atoms with E-state index in [0.717, 1.165) is 22.3 Å². The van der Waals surface area contributed by atoms with E-state index in [9.17, 15) is 5.26 Å². The van der Waals surface area contributed by atoms with Gasteiger partial charge in [-0.15, -0.1) is 0 Å². The molecule has 0 unspecified atom stereocenters. The van der Waals surface area contributed by atoms with Gasteiger partial charge in [-0.1, -0.05) is 109 Å². The van der Waals surface area contributed by atoms with Crippen LogP contribution in [0.1, 0.15) is 5.56 Å². The van der Waals surface area contributed by atoms with Crippen LogP contribution in [0.4, 0.5) is 0 Å². The molecule has 7 aromatic rings. The van der Waals surface area contributed by atoms with Crippen LogP contribution < -0.4 is 0 Å². The van der Waals surface area contributed by atoms with E-state index in [0.29, 0.717) is 10.6 Å². The predicted molar refractivity (Wildman–Crippen MR) is 156 cm³/mol. The zero-order chi connectivity index (χ0) is 24.9. The molecule has 0 spiro atoms. The molecule has 0 aliphatic rings. The van der Waals surface area contributed by atoms with Gasteiger partial charge < -0.3 is 0 Å². The highest BCUT2D eigenvalue weighted by Gasteiger charge is 2.13. The van der Waals surface area contributed by atoms with Crippen LogP contribution in [0.3, 0.4) is 0 Å². The molecule has 37 heavy (non-hydrogen) atoms. The highest BCUT2D eigenvalue weighted by atomic mass is 35.5. The molecule has 7 aromatic carbocycles. The van der Waals surface area contributed by atoms with Gasteiger partial charge in [-0.2, -0.15) is 5.26 Å². The summed E-state index contributed by atoms with van der Waals surface area (Å²) in [5.41, 5.74) is 7.21. The number of hydrogen-bond donors (Lipinski definition) is 0. The quantitative estimate of drug-likeness (QED) is 0.226. The topological polar surface area (TPSA) is 23.8 Å². The Morgan fingerprint density at radius 2 is 1.03 bits per heavy atom. The molecule has 0 atom stereocenters. The van der Waals surface area contributed by atoms with Crippen molar-refractivity contribution in [1.29, 1.82) is 5.26 Å². The zero-order valence-corrected chi connectivity index (χ0v) is 20.6. The van der Waals surface area contributed by atoms with Crippen LogP contribution in [0.15, 0.2) is 121 Å². The molecule has 0 aliphatic carbocycles. The van der Waals surface area contributed by atoms with Crippen molar-refractivity contribution in [3.05, 3.63) is 132 Å². The molecule has 0 saturated heterocycles. The molecule has 0 heterocycles. The third-order valence-electron chi connectivity index (χ3n) is 7.31. The lowest BCUT2D eigenvalue weighted by atomic mass is 9.89. The average molecular weight is 490 g/mol. The van der Waals surface area contributed by atoms with Crippen LogP contribution in [-0.4, -0.2) is 0 Å². The summed E-state index contributed by atoms with van der Waals surface area (Å²) in [4.78, 5) is 0. The van der Waals surface area contributed by atoms with Crippen molar-refractivity contribution in [1.82, 2.24) is 0 Å². The van der Waals surface area contributed by atoms with Gasteiger partial charge in [-0.3, -0.25) is 0 Å². The first-order valence-electron chi connectivity index (χ1n) is 12.3. The molecule has 172 valence electrons. The number of rotatable bonds is 3. The van der Waals surface area contributed by atoms with E-state index in [2.05, 4.69) is 109 Å². The Balaban J connectivity index is 1.36. The summed E-state index contributed by atoms with van der Waals surface area (Å²) in [6.45, 7) is 0. The first kappa shape index (κ1) is 21.6. The van der Waals surface area contributed by atoms with E-state index in [1.54, 1.807) is 6.07 Å². The van der Waals surface area contributed by atoms with Crippen molar-refractivity contribution >= 4 is 43.9 Å². The van der Waals surface area contributed by atoms with Gasteiger partial charge >= 0.3 is 0 Å². The molecule has 2 heteroatoms. The van der Waals surface area contributed by atoms with Crippen molar-refractivity contribution in [3.8, 4) is 39.4 Å². The van der Waals surface area contributed by atoms with Gasteiger partial charge in [-0.05, 0) is 84.4 Å². The number of hydrogen-bond acceptors (Lipinski definition) is 1. The van der Waals surface area contributed by atoms with Crippen LogP contribution in [0.5, 0.6) is 0 Å². The van der Waals surface area contributed by atoms with E-state index in [-0.39, 0.29) is 0 Å². The Hall–Kier alpha value is -4.64. The largest absolute Gasteiger partial charge is 0.192 e. The molecule has 1 nitrogen and oxygen atoms in total. The lowest BCUT2D eigenvalue weighted by molar-refractivity contribution is 1.48. The lowest BCUT2D eigenvalue weighted by Gasteiger charge is -2.15. The number of nitriles is 1. The van der Waals surface area contributed by atoms with Gasteiger partial charge in [0, 0.05) is 10.6 Å². The zero-order valence-electron chi connectivity index (χ0n) is 19.9. The summed E-state index contributed by atoms with van der Waals surface area (Å²) >= 11 is 6.52. The van der Waals surface area contributed by atoms with Gasteiger partial charge in [0.1, 0.15) is 0 Å². The molecule has 0 aromatic heterocycles. The first-order valence-corrected chi connectivity index (χ1v) is 12.6. The summed E-state index contributed by atoms with van der Waals surface area (Å²) in [5, 5.41) is 17.5. The smallest absolute Gasteiger partial charge is 0.0992 e. The highest BCUT2D eigenvalue weighted by molar-refractivity contribution is 6.33. The number of nitrogens with zero attached hydrogens (tertiary/aromatic N) is 1. The van der Waals surface area contributed by atoms with Crippen molar-refractivity contribution < 1.29 is 0 Å². The van der Waals surface area contributed by atoms with Crippen LogP contribution in [0.25, 0.3) is 65.7 Å². The Labute approximate surface area is 220 Å². The number of benzene rings is 7. The van der Waals surface area contributed by atoms with Crippen molar-refractivity contribution in [2.45, 2.75) is 0 Å². The minimum atomic E-state index is 0.561. The molecule has 0 aliphatic heterocycles. The van der Waals surface area contributed by atoms with Crippen LogP contribution >= 0.6 is 11.6 Å². The van der Waals surface area contributed by atoms with Crippen LogP contribution in [0, 0.1) is 11.3 Å². The monoisotopic (exact) mass is 489 g/mol. The maximum atomic E-state index is 9.17. The molecular formula is C35H20ClN. The minimum absolute atomic E-state index is 0.561. The SMILES string of the molecule is N#Cc1ccc(-c2cccc(-c3cccc(-c4ccc5ccc6cccc7ccc4c5c67)c3)c2)c(Cl)c1. The second-order valence-corrected chi connectivity index (χ2v) is 9.84. The molecular weight excluding hydrogens is 470 g/mol. The van der Waals surface area contributed by atoms with Crippen LogP contribution in [0.2, 0.25) is 5.02 Å². The summed E-state index contributed by atoms with van der Waals surface area (Å²) in [7, 11) is 0. The molecule has 0 N–H and O–H groups in total. The summed E-state index contributed by atoms with van der Waals surface area (Å²) < 4.78 is 0. The molecule has 0 saturated carbocycles. The molecule has 0 radical (unpaired) electrons. The van der Waals surface area contributed by atoms with E-state index in [4.69, 9.17) is 11.6 Å². The lowest BCUT2D eigenvalue weighted by Crippen LogP contribution is -1.88. The van der Waals surface area contributed by atoms with E-state index in [1.165, 1.54) is 43.4 Å². The molecule has 0 bridgehead atoms. The Bertz CT molecular complexity index is 2000. The fourth-order valence-corrected chi connectivity index (χ4v) is 5.83. The average Bonchev–Trinajstić information content (AvgIpc) is 2.96.